The second-order valence-corrected chi connectivity index (χ2v) is 4.42. The zero-order valence-electron chi connectivity index (χ0n) is 9.28. The molecule has 3 heteroatoms. The summed E-state index contributed by atoms with van der Waals surface area (Å²) in [6.45, 7) is 0.568. The smallest absolute Gasteiger partial charge is 0.220 e. The highest BCUT2D eigenvalue weighted by atomic mass is 16.5. The van der Waals surface area contributed by atoms with Gasteiger partial charge in [0.2, 0.25) is 5.78 Å². The van der Waals surface area contributed by atoms with Crippen molar-refractivity contribution in [1.82, 2.24) is 0 Å². The Hall–Kier alpha value is -1.38. The number of rotatable bonds is 3. The fraction of sp³-hybridized carbons (Fsp3) is 0.538. The molecule has 0 spiro atoms. The number of ether oxygens (including phenoxy) is 1. The van der Waals surface area contributed by atoms with Gasteiger partial charge >= 0.3 is 0 Å². The third-order valence-electron chi connectivity index (χ3n) is 3.11. The van der Waals surface area contributed by atoms with Crippen molar-refractivity contribution in [3.63, 3.8) is 0 Å². The third-order valence-corrected chi connectivity index (χ3v) is 3.11. The summed E-state index contributed by atoms with van der Waals surface area (Å²) in [6, 6.07) is 0. The molecule has 0 saturated heterocycles. The summed E-state index contributed by atoms with van der Waals surface area (Å²) in [5.41, 5.74) is 0. The molecule has 0 bridgehead atoms. The molecule has 0 unspecified atom stereocenters. The Morgan fingerprint density at radius 2 is 1.88 bits per heavy atom. The first-order valence-electron chi connectivity index (χ1n) is 5.86. The Kier molecular flexibility index (Phi) is 3.54. The summed E-state index contributed by atoms with van der Waals surface area (Å²) >= 11 is 0. The molecule has 1 saturated carbocycles. The molecule has 2 aliphatic rings. The van der Waals surface area contributed by atoms with Crippen molar-refractivity contribution >= 4 is 11.6 Å². The van der Waals surface area contributed by atoms with Crippen LogP contribution >= 0.6 is 0 Å². The van der Waals surface area contributed by atoms with E-state index < -0.39 is 0 Å². The van der Waals surface area contributed by atoms with Gasteiger partial charge in [-0.3, -0.25) is 9.59 Å². The van der Waals surface area contributed by atoms with Crippen LogP contribution in [0.4, 0.5) is 0 Å². The van der Waals surface area contributed by atoms with E-state index in [4.69, 9.17) is 4.74 Å². The van der Waals surface area contributed by atoms with Crippen LogP contribution in [0.5, 0.6) is 0 Å². The minimum absolute atomic E-state index is 0.168. The van der Waals surface area contributed by atoms with Crippen LogP contribution in [0.1, 0.15) is 32.1 Å². The lowest BCUT2D eigenvalue weighted by Crippen LogP contribution is -2.17. The van der Waals surface area contributed by atoms with Crippen molar-refractivity contribution < 1.29 is 14.3 Å². The van der Waals surface area contributed by atoms with Gasteiger partial charge in [-0.25, -0.2) is 0 Å². The Bertz CT molecular complexity index is 346. The minimum atomic E-state index is -0.199. The molecule has 0 aromatic carbocycles. The van der Waals surface area contributed by atoms with Gasteiger partial charge in [0.25, 0.3) is 0 Å². The van der Waals surface area contributed by atoms with Crippen molar-refractivity contribution in [3.05, 3.63) is 24.0 Å². The highest BCUT2D eigenvalue weighted by Crippen LogP contribution is 2.24. The van der Waals surface area contributed by atoms with E-state index >= 15 is 0 Å². The molecular formula is C13H16O3. The summed E-state index contributed by atoms with van der Waals surface area (Å²) in [5.74, 6) is 0.384. The van der Waals surface area contributed by atoms with Crippen molar-refractivity contribution in [1.29, 1.82) is 0 Å². The maximum Gasteiger partial charge on any atom is 0.220 e. The predicted octanol–water partition coefficient (Wildman–Crippen LogP) is 2.18. The molecule has 2 rings (SSSR count). The van der Waals surface area contributed by atoms with Crippen LogP contribution in [0.3, 0.4) is 0 Å². The van der Waals surface area contributed by atoms with Gasteiger partial charge in [-0.15, -0.1) is 0 Å². The number of carbonyl (C=O) groups is 2. The molecule has 0 N–H and O–H groups in total. The number of allylic oxidation sites excluding steroid dienone is 3. The highest BCUT2D eigenvalue weighted by Gasteiger charge is 2.18. The molecule has 0 atom stereocenters. The van der Waals surface area contributed by atoms with Crippen molar-refractivity contribution in [2.75, 3.05) is 6.61 Å². The summed E-state index contributed by atoms with van der Waals surface area (Å²) in [7, 11) is 0. The zero-order chi connectivity index (χ0) is 11.4. The van der Waals surface area contributed by atoms with Crippen LogP contribution in [-0.4, -0.2) is 18.2 Å². The van der Waals surface area contributed by atoms with Gasteiger partial charge in [-0.2, -0.15) is 0 Å². The zero-order valence-corrected chi connectivity index (χ0v) is 9.28. The summed E-state index contributed by atoms with van der Waals surface area (Å²) < 4.78 is 5.44. The van der Waals surface area contributed by atoms with Gasteiger partial charge in [-0.05, 0) is 30.9 Å². The average molecular weight is 220 g/mol. The lowest BCUT2D eigenvalue weighted by Gasteiger charge is -2.22. The molecule has 0 radical (unpaired) electrons. The first kappa shape index (κ1) is 11.1. The van der Waals surface area contributed by atoms with E-state index in [1.807, 2.05) is 0 Å². The largest absolute Gasteiger partial charge is 0.489 e. The second kappa shape index (κ2) is 5.10. The van der Waals surface area contributed by atoms with Crippen molar-refractivity contribution in [3.8, 4) is 0 Å². The number of hydrogen-bond acceptors (Lipinski definition) is 3. The molecule has 16 heavy (non-hydrogen) atoms. The monoisotopic (exact) mass is 220 g/mol. The topological polar surface area (TPSA) is 43.4 Å². The summed E-state index contributed by atoms with van der Waals surface area (Å²) in [6.07, 6.45) is 9.98. The van der Waals surface area contributed by atoms with Crippen molar-refractivity contribution in [2.45, 2.75) is 32.1 Å². The third kappa shape index (κ3) is 2.81. The molecule has 0 heterocycles. The average Bonchev–Trinajstić information content (AvgIpc) is 2.32. The normalized spacial score (nSPS) is 22.1. The van der Waals surface area contributed by atoms with E-state index in [1.165, 1.54) is 50.3 Å². The maximum absolute atomic E-state index is 11.4. The lowest BCUT2D eigenvalue weighted by molar-refractivity contribution is -0.117. The van der Waals surface area contributed by atoms with E-state index in [0.29, 0.717) is 12.5 Å². The van der Waals surface area contributed by atoms with Crippen LogP contribution in [0.15, 0.2) is 24.0 Å². The fourth-order valence-electron chi connectivity index (χ4n) is 2.16. The molecular weight excluding hydrogens is 204 g/mol. The van der Waals surface area contributed by atoms with Gasteiger partial charge in [0, 0.05) is 6.08 Å². The van der Waals surface area contributed by atoms with E-state index in [-0.39, 0.29) is 17.3 Å². The molecule has 0 aromatic rings. The molecule has 0 amide bonds. The first-order chi connectivity index (χ1) is 7.75. The van der Waals surface area contributed by atoms with Gasteiger partial charge < -0.3 is 4.74 Å². The lowest BCUT2D eigenvalue weighted by atomic mass is 9.90. The highest BCUT2D eigenvalue weighted by molar-refractivity contribution is 6.16. The molecule has 0 aromatic heterocycles. The first-order valence-corrected chi connectivity index (χ1v) is 5.86. The molecule has 2 aliphatic carbocycles. The quantitative estimate of drug-likeness (QED) is 0.685. The van der Waals surface area contributed by atoms with Crippen LogP contribution in [0.2, 0.25) is 0 Å². The number of carbonyl (C=O) groups excluding carboxylic acids is 2. The van der Waals surface area contributed by atoms with E-state index in [1.54, 1.807) is 0 Å². The number of ketones is 2. The molecule has 0 aliphatic heterocycles. The Morgan fingerprint density at radius 1 is 1.12 bits per heavy atom. The van der Waals surface area contributed by atoms with Crippen LogP contribution in [0.25, 0.3) is 0 Å². The van der Waals surface area contributed by atoms with Gasteiger partial charge in [-0.1, -0.05) is 19.3 Å². The van der Waals surface area contributed by atoms with Crippen molar-refractivity contribution in [2.24, 2.45) is 5.92 Å². The van der Waals surface area contributed by atoms with E-state index in [0.717, 1.165) is 0 Å². The van der Waals surface area contributed by atoms with Gasteiger partial charge in [0.15, 0.2) is 11.5 Å². The molecule has 1 fully saturated rings. The standard InChI is InChI=1S/C13H16O3/c14-11-6-7-12(15)13(8-11)16-9-10-4-2-1-3-5-10/h6-8,10H,1-5,9H2. The minimum Gasteiger partial charge on any atom is -0.489 e. The van der Waals surface area contributed by atoms with Crippen LogP contribution < -0.4 is 0 Å². The summed E-state index contributed by atoms with van der Waals surface area (Å²) in [4.78, 5) is 22.5. The Balaban J connectivity index is 1.85. The second-order valence-electron chi connectivity index (χ2n) is 4.42. The predicted molar refractivity (Wildman–Crippen MR) is 59.8 cm³/mol. The van der Waals surface area contributed by atoms with E-state index in [9.17, 15) is 9.59 Å². The fourth-order valence-corrected chi connectivity index (χ4v) is 2.16. The van der Waals surface area contributed by atoms with E-state index in [2.05, 4.69) is 0 Å². The SMILES string of the molecule is O=C1C=CC(=O)C(OCC2CCCCC2)=C1. The Morgan fingerprint density at radius 3 is 2.62 bits per heavy atom. The Labute approximate surface area is 95.2 Å². The summed E-state index contributed by atoms with van der Waals surface area (Å²) in [5, 5.41) is 0. The van der Waals surface area contributed by atoms with Crippen LogP contribution in [-0.2, 0) is 14.3 Å². The number of hydrogen-bond donors (Lipinski definition) is 0. The maximum atomic E-state index is 11.4. The van der Waals surface area contributed by atoms with Gasteiger partial charge in [0.1, 0.15) is 0 Å². The van der Waals surface area contributed by atoms with Gasteiger partial charge in [0.05, 0.1) is 6.61 Å². The van der Waals surface area contributed by atoms with Crippen LogP contribution in [0, 0.1) is 5.92 Å². The molecule has 3 nitrogen and oxygen atoms in total. The molecule has 86 valence electrons.